The number of carbonyl (C=O) groups excluding carboxylic acids is 2. The van der Waals surface area contributed by atoms with Gasteiger partial charge in [-0.3, -0.25) is 5.32 Å². The predicted molar refractivity (Wildman–Crippen MR) is 65.5 cm³/mol. The van der Waals surface area contributed by atoms with Crippen molar-refractivity contribution in [2.45, 2.75) is 19.3 Å². The minimum absolute atomic E-state index is 0.534. The van der Waals surface area contributed by atoms with Crippen molar-refractivity contribution in [3.63, 3.8) is 0 Å². The molecule has 0 aliphatic carbocycles. The highest BCUT2D eigenvalue weighted by Crippen LogP contribution is 2.03. The Labute approximate surface area is 100 Å². The molecule has 1 aromatic carbocycles. The summed E-state index contributed by atoms with van der Waals surface area (Å²) < 4.78 is 0. The molecule has 0 unspecified atom stereocenters. The molecule has 0 spiro atoms. The van der Waals surface area contributed by atoms with Gasteiger partial charge in [-0.05, 0) is 24.8 Å². The van der Waals surface area contributed by atoms with Crippen molar-refractivity contribution >= 4 is 12.1 Å². The lowest BCUT2D eigenvalue weighted by Crippen LogP contribution is -2.42. The maximum absolute atomic E-state index is 11.0. The molecule has 1 rings (SSSR count). The molecule has 0 heterocycles. The van der Waals surface area contributed by atoms with E-state index in [1.807, 2.05) is 23.5 Å². The number of imide groups is 1. The quantitative estimate of drug-likeness (QED) is 0.674. The Morgan fingerprint density at radius 2 is 1.82 bits per heavy atom. The predicted octanol–water partition coefficient (Wildman–Crippen LogP) is 1.39. The van der Waals surface area contributed by atoms with Crippen LogP contribution in [0.4, 0.5) is 9.59 Å². The molecule has 1 aromatic rings. The Morgan fingerprint density at radius 1 is 1.12 bits per heavy atom. The van der Waals surface area contributed by atoms with Gasteiger partial charge in [-0.2, -0.15) is 0 Å². The van der Waals surface area contributed by atoms with E-state index in [0.29, 0.717) is 6.54 Å². The summed E-state index contributed by atoms with van der Waals surface area (Å²) in [6.45, 7) is 0.534. The summed E-state index contributed by atoms with van der Waals surface area (Å²) in [4.78, 5) is 21.3. The molecular weight excluding hydrogens is 218 g/mol. The van der Waals surface area contributed by atoms with Crippen LogP contribution in [0.3, 0.4) is 0 Å². The van der Waals surface area contributed by atoms with E-state index in [1.54, 1.807) is 0 Å². The molecule has 0 fully saturated rings. The summed E-state index contributed by atoms with van der Waals surface area (Å²) in [5.41, 5.74) is 6.08. The minimum Gasteiger partial charge on any atom is -0.351 e. The molecule has 0 saturated heterocycles. The first-order valence-corrected chi connectivity index (χ1v) is 5.56. The van der Waals surface area contributed by atoms with Crippen LogP contribution in [0.5, 0.6) is 0 Å². The van der Waals surface area contributed by atoms with Gasteiger partial charge in [0, 0.05) is 6.54 Å². The first-order chi connectivity index (χ1) is 8.18. The normalized spacial score (nSPS) is 9.65. The van der Waals surface area contributed by atoms with Crippen LogP contribution in [-0.2, 0) is 6.42 Å². The monoisotopic (exact) mass is 235 g/mol. The van der Waals surface area contributed by atoms with Crippen molar-refractivity contribution in [2.75, 3.05) is 6.54 Å². The van der Waals surface area contributed by atoms with E-state index in [1.165, 1.54) is 5.56 Å². The van der Waals surface area contributed by atoms with E-state index in [4.69, 9.17) is 5.73 Å². The average Bonchev–Trinajstić information content (AvgIpc) is 2.29. The summed E-state index contributed by atoms with van der Waals surface area (Å²) in [7, 11) is 0. The van der Waals surface area contributed by atoms with Crippen molar-refractivity contribution in [1.29, 1.82) is 0 Å². The highest BCUT2D eigenvalue weighted by Gasteiger charge is 2.01. The molecular formula is C12H17N3O2. The number of unbranched alkanes of at least 4 members (excludes halogenated alkanes) is 1. The molecule has 4 amide bonds. The van der Waals surface area contributed by atoms with Gasteiger partial charge in [0.05, 0.1) is 0 Å². The van der Waals surface area contributed by atoms with Crippen LogP contribution in [0.15, 0.2) is 30.3 Å². The van der Waals surface area contributed by atoms with Crippen molar-refractivity contribution in [2.24, 2.45) is 5.73 Å². The third kappa shape index (κ3) is 6.19. The topological polar surface area (TPSA) is 84.2 Å². The van der Waals surface area contributed by atoms with Crippen LogP contribution in [-0.4, -0.2) is 18.6 Å². The molecule has 0 aliphatic heterocycles. The van der Waals surface area contributed by atoms with Gasteiger partial charge < -0.3 is 11.1 Å². The maximum atomic E-state index is 11.0. The Kier molecular flexibility index (Phi) is 5.57. The molecule has 0 radical (unpaired) electrons. The van der Waals surface area contributed by atoms with Crippen LogP contribution >= 0.6 is 0 Å². The van der Waals surface area contributed by atoms with E-state index in [-0.39, 0.29) is 0 Å². The number of nitrogens with two attached hydrogens (primary N) is 1. The zero-order chi connectivity index (χ0) is 12.5. The van der Waals surface area contributed by atoms with Gasteiger partial charge in [0.15, 0.2) is 0 Å². The van der Waals surface area contributed by atoms with E-state index in [2.05, 4.69) is 17.4 Å². The lowest BCUT2D eigenvalue weighted by atomic mass is 10.1. The lowest BCUT2D eigenvalue weighted by molar-refractivity contribution is 0.231. The zero-order valence-corrected chi connectivity index (χ0v) is 9.61. The van der Waals surface area contributed by atoms with E-state index in [9.17, 15) is 9.59 Å². The lowest BCUT2D eigenvalue weighted by Gasteiger charge is -2.04. The van der Waals surface area contributed by atoms with Gasteiger partial charge in [-0.1, -0.05) is 30.3 Å². The minimum atomic E-state index is -0.841. The number of amides is 4. The molecule has 0 aromatic heterocycles. The number of rotatable bonds is 5. The molecule has 5 heteroatoms. The van der Waals surface area contributed by atoms with Crippen LogP contribution in [0.2, 0.25) is 0 Å². The number of benzene rings is 1. The van der Waals surface area contributed by atoms with Gasteiger partial charge in [0.25, 0.3) is 0 Å². The van der Waals surface area contributed by atoms with Gasteiger partial charge >= 0.3 is 12.1 Å². The van der Waals surface area contributed by atoms with Crippen LogP contribution in [0.25, 0.3) is 0 Å². The fraction of sp³-hybridized carbons (Fsp3) is 0.333. The number of aryl methyl sites for hydroxylation is 1. The smallest absolute Gasteiger partial charge is 0.322 e. The fourth-order valence-corrected chi connectivity index (χ4v) is 1.46. The highest BCUT2D eigenvalue weighted by molar-refractivity contribution is 5.92. The van der Waals surface area contributed by atoms with E-state index >= 15 is 0 Å². The molecule has 0 atom stereocenters. The van der Waals surface area contributed by atoms with Crippen molar-refractivity contribution in [1.82, 2.24) is 10.6 Å². The number of hydrogen-bond acceptors (Lipinski definition) is 2. The number of primary amides is 1. The first-order valence-electron chi connectivity index (χ1n) is 5.56. The molecule has 92 valence electrons. The number of nitrogens with one attached hydrogen (secondary N) is 2. The second-order valence-corrected chi connectivity index (χ2v) is 3.69. The van der Waals surface area contributed by atoms with Crippen LogP contribution in [0, 0.1) is 0 Å². The van der Waals surface area contributed by atoms with Gasteiger partial charge in [-0.15, -0.1) is 0 Å². The third-order valence-electron chi connectivity index (χ3n) is 2.26. The van der Waals surface area contributed by atoms with Gasteiger partial charge in [0.2, 0.25) is 0 Å². The van der Waals surface area contributed by atoms with Gasteiger partial charge in [-0.25, -0.2) is 9.59 Å². The summed E-state index contributed by atoms with van der Waals surface area (Å²) in [6, 6.07) is 8.77. The number of hydrogen-bond donors (Lipinski definition) is 3. The van der Waals surface area contributed by atoms with Gasteiger partial charge in [0.1, 0.15) is 0 Å². The fourth-order valence-electron chi connectivity index (χ4n) is 1.46. The molecule has 17 heavy (non-hydrogen) atoms. The number of urea groups is 2. The molecule has 0 bridgehead atoms. The second kappa shape index (κ2) is 7.27. The first kappa shape index (κ1) is 13.0. The highest BCUT2D eigenvalue weighted by atomic mass is 16.2. The van der Waals surface area contributed by atoms with E-state index in [0.717, 1.165) is 19.3 Å². The summed E-state index contributed by atoms with van der Waals surface area (Å²) in [6.07, 6.45) is 2.84. The standard InChI is InChI=1S/C12H17N3O2/c13-11(16)15-12(17)14-9-5-4-8-10-6-2-1-3-7-10/h1-3,6-7H,4-5,8-9H2,(H4,13,14,15,16,17). The van der Waals surface area contributed by atoms with Crippen molar-refractivity contribution < 1.29 is 9.59 Å². The van der Waals surface area contributed by atoms with Crippen molar-refractivity contribution in [3.05, 3.63) is 35.9 Å². The van der Waals surface area contributed by atoms with E-state index < -0.39 is 12.1 Å². The summed E-state index contributed by atoms with van der Waals surface area (Å²) in [5.74, 6) is 0. The van der Waals surface area contributed by atoms with Crippen LogP contribution < -0.4 is 16.4 Å². The maximum Gasteiger partial charge on any atom is 0.322 e. The SMILES string of the molecule is NC(=O)NC(=O)NCCCCc1ccccc1. The molecule has 4 N–H and O–H groups in total. The average molecular weight is 235 g/mol. The summed E-state index contributed by atoms with van der Waals surface area (Å²) >= 11 is 0. The third-order valence-corrected chi connectivity index (χ3v) is 2.26. The Bertz CT molecular complexity index is 365. The number of carbonyl (C=O) groups is 2. The molecule has 0 aliphatic rings. The Balaban J connectivity index is 2.05. The molecule has 0 saturated carbocycles. The molecule has 5 nitrogen and oxygen atoms in total. The van der Waals surface area contributed by atoms with Crippen LogP contribution in [0.1, 0.15) is 18.4 Å². The van der Waals surface area contributed by atoms with Crippen molar-refractivity contribution in [3.8, 4) is 0 Å². The second-order valence-electron chi connectivity index (χ2n) is 3.69. The zero-order valence-electron chi connectivity index (χ0n) is 9.61. The largest absolute Gasteiger partial charge is 0.351 e. The Hall–Kier alpha value is -2.04. The summed E-state index contributed by atoms with van der Waals surface area (Å²) in [5, 5.41) is 4.49. The Morgan fingerprint density at radius 3 is 2.47 bits per heavy atom.